The van der Waals surface area contributed by atoms with Crippen molar-refractivity contribution in [1.29, 1.82) is 0 Å². The summed E-state index contributed by atoms with van der Waals surface area (Å²) < 4.78 is 4.91. The Kier molecular flexibility index (Phi) is 5.83. The fraction of sp³-hybridized carbons (Fsp3) is 0.294. The second kappa shape index (κ2) is 8.05. The predicted octanol–water partition coefficient (Wildman–Crippen LogP) is 2.73. The van der Waals surface area contributed by atoms with Gasteiger partial charge in [0.05, 0.1) is 12.2 Å². The lowest BCUT2D eigenvalue weighted by atomic mass is 10.2. The molecule has 0 aliphatic rings. The quantitative estimate of drug-likeness (QED) is 0.792. The van der Waals surface area contributed by atoms with Crippen LogP contribution in [-0.2, 0) is 4.74 Å². The van der Waals surface area contributed by atoms with Crippen molar-refractivity contribution in [3.63, 3.8) is 0 Å². The van der Waals surface area contributed by atoms with Crippen LogP contribution < -0.4 is 10.6 Å². The highest BCUT2D eigenvalue weighted by molar-refractivity contribution is 6.03. The van der Waals surface area contributed by atoms with Gasteiger partial charge in [0.1, 0.15) is 17.8 Å². The van der Waals surface area contributed by atoms with E-state index in [-0.39, 0.29) is 17.6 Å². The number of hydrogen-bond donors (Lipinski definition) is 2. The highest BCUT2D eigenvalue weighted by Crippen LogP contribution is 2.13. The summed E-state index contributed by atoms with van der Waals surface area (Å²) in [7, 11) is 0. The number of nitrogens with zero attached hydrogens (tertiary/aromatic N) is 2. The van der Waals surface area contributed by atoms with E-state index >= 15 is 0 Å². The average molecular weight is 328 g/mol. The van der Waals surface area contributed by atoms with Gasteiger partial charge in [-0.1, -0.05) is 0 Å². The van der Waals surface area contributed by atoms with Crippen molar-refractivity contribution in [2.75, 3.05) is 17.2 Å². The number of aromatic nitrogens is 2. The van der Waals surface area contributed by atoms with Crippen LogP contribution in [0.1, 0.15) is 41.6 Å². The third-order valence-corrected chi connectivity index (χ3v) is 2.99. The monoisotopic (exact) mass is 328 g/mol. The molecule has 24 heavy (non-hydrogen) atoms. The number of rotatable bonds is 6. The van der Waals surface area contributed by atoms with Crippen molar-refractivity contribution in [2.24, 2.45) is 0 Å². The van der Waals surface area contributed by atoms with Gasteiger partial charge in [-0.05, 0) is 45.0 Å². The Bertz CT molecular complexity index is 714. The Morgan fingerprint density at radius 1 is 1.17 bits per heavy atom. The van der Waals surface area contributed by atoms with Crippen molar-refractivity contribution in [1.82, 2.24) is 9.97 Å². The number of nitrogens with one attached hydrogen (secondary N) is 2. The van der Waals surface area contributed by atoms with Gasteiger partial charge in [-0.2, -0.15) is 0 Å². The summed E-state index contributed by atoms with van der Waals surface area (Å²) in [6.45, 7) is 6.02. The van der Waals surface area contributed by atoms with Gasteiger partial charge >= 0.3 is 5.97 Å². The Morgan fingerprint density at radius 3 is 2.50 bits per heavy atom. The Morgan fingerprint density at radius 2 is 1.88 bits per heavy atom. The highest BCUT2D eigenvalue weighted by Gasteiger charge is 2.11. The average Bonchev–Trinajstić information content (AvgIpc) is 2.55. The fourth-order valence-electron chi connectivity index (χ4n) is 1.96. The molecule has 0 radical (unpaired) electrons. The number of esters is 1. The minimum Gasteiger partial charge on any atom is -0.462 e. The second-order valence-corrected chi connectivity index (χ2v) is 5.34. The zero-order valence-corrected chi connectivity index (χ0v) is 13.9. The van der Waals surface area contributed by atoms with E-state index in [1.54, 1.807) is 37.3 Å². The van der Waals surface area contributed by atoms with E-state index in [1.165, 1.54) is 6.33 Å². The van der Waals surface area contributed by atoms with Crippen LogP contribution in [0.5, 0.6) is 0 Å². The maximum absolute atomic E-state index is 12.3. The SMILES string of the molecule is CCOC(=O)c1ccc(NC(=O)c2cc(NC(C)C)ncn2)cc1. The van der Waals surface area contributed by atoms with E-state index in [9.17, 15) is 9.59 Å². The van der Waals surface area contributed by atoms with Gasteiger partial charge in [-0.25, -0.2) is 14.8 Å². The minimum atomic E-state index is -0.393. The van der Waals surface area contributed by atoms with Gasteiger partial charge in [0.25, 0.3) is 5.91 Å². The molecule has 7 nitrogen and oxygen atoms in total. The van der Waals surface area contributed by atoms with Crippen LogP contribution in [-0.4, -0.2) is 34.5 Å². The van der Waals surface area contributed by atoms with Gasteiger partial charge in [0, 0.05) is 17.8 Å². The van der Waals surface area contributed by atoms with Gasteiger partial charge in [0.15, 0.2) is 0 Å². The minimum absolute atomic E-state index is 0.200. The Hall–Kier alpha value is -2.96. The molecule has 1 heterocycles. The van der Waals surface area contributed by atoms with E-state index in [2.05, 4.69) is 20.6 Å². The summed E-state index contributed by atoms with van der Waals surface area (Å²) in [5.41, 5.74) is 1.24. The van der Waals surface area contributed by atoms with Crippen LogP contribution in [0.15, 0.2) is 36.7 Å². The molecule has 1 aromatic carbocycles. The maximum atomic E-state index is 12.3. The molecule has 0 spiro atoms. The fourth-order valence-corrected chi connectivity index (χ4v) is 1.96. The van der Waals surface area contributed by atoms with E-state index in [4.69, 9.17) is 4.74 Å². The summed E-state index contributed by atoms with van der Waals surface area (Å²) in [5.74, 6) is -0.161. The molecule has 0 atom stereocenters. The van der Waals surface area contributed by atoms with E-state index in [1.807, 2.05) is 13.8 Å². The molecule has 126 valence electrons. The molecular weight excluding hydrogens is 308 g/mol. The molecular formula is C17H20N4O3. The third kappa shape index (κ3) is 4.77. The molecule has 0 fully saturated rings. The van der Waals surface area contributed by atoms with Crippen LogP contribution in [0.2, 0.25) is 0 Å². The summed E-state index contributed by atoms with van der Waals surface area (Å²) in [6.07, 6.45) is 1.34. The van der Waals surface area contributed by atoms with E-state index in [0.717, 1.165) is 0 Å². The molecule has 0 saturated carbocycles. The largest absolute Gasteiger partial charge is 0.462 e. The molecule has 0 unspecified atom stereocenters. The normalized spacial score (nSPS) is 10.3. The molecule has 1 amide bonds. The van der Waals surface area contributed by atoms with Gasteiger partial charge in [-0.3, -0.25) is 4.79 Å². The molecule has 1 aromatic heterocycles. The number of amides is 1. The van der Waals surface area contributed by atoms with Crippen molar-refractivity contribution >= 4 is 23.4 Å². The lowest BCUT2D eigenvalue weighted by Gasteiger charge is -2.10. The van der Waals surface area contributed by atoms with Gasteiger partial charge in [0.2, 0.25) is 0 Å². The predicted molar refractivity (Wildman–Crippen MR) is 91.1 cm³/mol. The number of anilines is 2. The Balaban J connectivity index is 2.05. The third-order valence-electron chi connectivity index (χ3n) is 2.99. The summed E-state index contributed by atoms with van der Waals surface area (Å²) >= 11 is 0. The standard InChI is InChI=1S/C17H20N4O3/c1-4-24-17(23)12-5-7-13(8-6-12)21-16(22)14-9-15(19-10-18-14)20-11(2)3/h5-11H,4H2,1-3H3,(H,21,22)(H,18,19,20). The number of carbonyl (C=O) groups excluding carboxylic acids is 2. The first-order chi connectivity index (χ1) is 11.5. The van der Waals surface area contributed by atoms with Crippen LogP contribution >= 0.6 is 0 Å². The Labute approximate surface area is 140 Å². The highest BCUT2D eigenvalue weighted by atomic mass is 16.5. The summed E-state index contributed by atoms with van der Waals surface area (Å²) in [4.78, 5) is 31.9. The van der Waals surface area contributed by atoms with Crippen molar-refractivity contribution in [2.45, 2.75) is 26.8 Å². The summed E-state index contributed by atoms with van der Waals surface area (Å²) in [5, 5.41) is 5.84. The zero-order chi connectivity index (χ0) is 17.5. The smallest absolute Gasteiger partial charge is 0.338 e. The lowest BCUT2D eigenvalue weighted by molar-refractivity contribution is 0.0526. The van der Waals surface area contributed by atoms with Crippen LogP contribution in [0.25, 0.3) is 0 Å². The van der Waals surface area contributed by atoms with Crippen molar-refractivity contribution < 1.29 is 14.3 Å². The molecule has 0 saturated heterocycles. The second-order valence-electron chi connectivity index (χ2n) is 5.34. The lowest BCUT2D eigenvalue weighted by Crippen LogP contribution is -2.16. The van der Waals surface area contributed by atoms with Gasteiger partial charge < -0.3 is 15.4 Å². The first-order valence-corrected chi connectivity index (χ1v) is 7.66. The number of hydrogen-bond acceptors (Lipinski definition) is 6. The van der Waals surface area contributed by atoms with E-state index in [0.29, 0.717) is 23.7 Å². The first-order valence-electron chi connectivity index (χ1n) is 7.66. The molecule has 7 heteroatoms. The molecule has 2 aromatic rings. The molecule has 0 aliphatic carbocycles. The topological polar surface area (TPSA) is 93.2 Å². The molecule has 2 rings (SSSR count). The number of ether oxygens (including phenoxy) is 1. The number of carbonyl (C=O) groups is 2. The van der Waals surface area contributed by atoms with Crippen LogP contribution in [0, 0.1) is 0 Å². The van der Waals surface area contributed by atoms with Gasteiger partial charge in [-0.15, -0.1) is 0 Å². The van der Waals surface area contributed by atoms with Crippen LogP contribution in [0.4, 0.5) is 11.5 Å². The molecule has 2 N–H and O–H groups in total. The number of benzene rings is 1. The van der Waals surface area contributed by atoms with Crippen LogP contribution in [0.3, 0.4) is 0 Å². The van der Waals surface area contributed by atoms with Crippen molar-refractivity contribution in [3.05, 3.63) is 47.9 Å². The van der Waals surface area contributed by atoms with Crippen molar-refractivity contribution in [3.8, 4) is 0 Å². The molecule has 0 bridgehead atoms. The zero-order valence-electron chi connectivity index (χ0n) is 13.9. The van der Waals surface area contributed by atoms with E-state index < -0.39 is 5.97 Å². The molecule has 0 aliphatic heterocycles. The first kappa shape index (κ1) is 17.4. The maximum Gasteiger partial charge on any atom is 0.338 e. The summed E-state index contributed by atoms with van der Waals surface area (Å²) in [6, 6.07) is 8.25.